The Morgan fingerprint density at radius 1 is 1.05 bits per heavy atom. The molecule has 6 heteroatoms. The van der Waals surface area contributed by atoms with Crippen LogP contribution in [0, 0.1) is 0 Å². The number of nitrogens with zero attached hydrogens (tertiary/aromatic N) is 4. The van der Waals surface area contributed by atoms with Crippen molar-refractivity contribution < 1.29 is 0 Å². The molecule has 2 saturated heterocycles. The fourth-order valence-corrected chi connectivity index (χ4v) is 6.45. The maximum absolute atomic E-state index is 4.77. The molecule has 4 heterocycles. The van der Waals surface area contributed by atoms with Gasteiger partial charge in [-0.1, -0.05) is 50.6 Å². The Balaban J connectivity index is 1.28. The van der Waals surface area contributed by atoms with Gasteiger partial charge in [-0.2, -0.15) is 17.7 Å². The molecule has 1 unspecified atom stereocenters. The van der Waals surface area contributed by atoms with Crippen molar-refractivity contribution in [2.75, 3.05) is 18.8 Å². The van der Waals surface area contributed by atoms with Crippen LogP contribution < -0.4 is 10.7 Å². The van der Waals surface area contributed by atoms with E-state index in [9.17, 15) is 0 Å². The first-order chi connectivity index (χ1) is 17.9. The number of allylic oxidation sites excluding steroid dienone is 2. The largest absolute Gasteiger partial charge is 0.374 e. The van der Waals surface area contributed by atoms with Crippen molar-refractivity contribution in [2.24, 2.45) is 0 Å². The van der Waals surface area contributed by atoms with Crippen molar-refractivity contribution in [3.63, 3.8) is 0 Å². The Bertz CT molecular complexity index is 1570. The van der Waals surface area contributed by atoms with E-state index in [1.165, 1.54) is 32.8 Å². The molecule has 0 spiro atoms. The average Bonchev–Trinajstić information content (AvgIpc) is 3.49. The minimum atomic E-state index is 0.175. The van der Waals surface area contributed by atoms with Crippen molar-refractivity contribution in [1.29, 1.82) is 0 Å². The molecule has 1 atom stereocenters. The maximum Gasteiger partial charge on any atom is 0.0738 e. The lowest BCUT2D eigenvalue weighted by molar-refractivity contribution is 0.220. The van der Waals surface area contributed by atoms with E-state index < -0.39 is 0 Å². The molecule has 2 fully saturated rings. The Labute approximate surface area is 224 Å². The summed E-state index contributed by atoms with van der Waals surface area (Å²) >= 11 is 4.38. The Kier molecular flexibility index (Phi) is 6.15. The summed E-state index contributed by atoms with van der Waals surface area (Å²) in [6, 6.07) is 11.8. The lowest BCUT2D eigenvalue weighted by atomic mass is 9.97. The summed E-state index contributed by atoms with van der Waals surface area (Å²) in [5.74, 6) is 0.720. The number of benzene rings is 2. The van der Waals surface area contributed by atoms with E-state index in [0.717, 1.165) is 73.4 Å². The molecule has 2 aliphatic rings. The van der Waals surface area contributed by atoms with Crippen LogP contribution in [-0.2, 0) is 6.42 Å². The van der Waals surface area contributed by atoms with E-state index in [0.29, 0.717) is 6.04 Å². The van der Waals surface area contributed by atoms with Crippen LogP contribution in [0.15, 0.2) is 79.6 Å². The van der Waals surface area contributed by atoms with Gasteiger partial charge < -0.3 is 14.8 Å². The SMILES string of the molecule is C=C1CCC(n2c(=C)c3cccc4c(Cc5cnn(C6CCN(C(=C)CS)CC6)c5)ccc2c43)C(=C)N1. The summed E-state index contributed by atoms with van der Waals surface area (Å²) in [5.41, 5.74) is 6.95. The summed E-state index contributed by atoms with van der Waals surface area (Å²) in [6.45, 7) is 19.1. The van der Waals surface area contributed by atoms with Crippen molar-refractivity contribution >= 4 is 40.9 Å². The topological polar surface area (TPSA) is 38.0 Å². The molecular weight excluding hydrogens is 474 g/mol. The van der Waals surface area contributed by atoms with E-state index in [4.69, 9.17) is 5.10 Å². The van der Waals surface area contributed by atoms with Crippen LogP contribution in [0.4, 0.5) is 0 Å². The van der Waals surface area contributed by atoms with Gasteiger partial charge in [0.2, 0.25) is 0 Å². The number of aromatic nitrogens is 3. The van der Waals surface area contributed by atoms with Crippen LogP contribution in [0.3, 0.4) is 0 Å². The zero-order chi connectivity index (χ0) is 25.7. The van der Waals surface area contributed by atoms with E-state index in [-0.39, 0.29) is 6.04 Å². The van der Waals surface area contributed by atoms with Crippen molar-refractivity contribution in [3.8, 4) is 0 Å². The summed E-state index contributed by atoms with van der Waals surface area (Å²) in [7, 11) is 0. The van der Waals surface area contributed by atoms with Gasteiger partial charge in [-0.25, -0.2) is 0 Å². The van der Waals surface area contributed by atoms with Crippen LogP contribution in [0.25, 0.3) is 28.3 Å². The molecule has 37 heavy (non-hydrogen) atoms. The molecule has 2 aromatic carbocycles. The molecule has 2 aromatic heterocycles. The number of likely N-dealkylation sites (tertiary alicyclic amines) is 1. The Morgan fingerprint density at radius 2 is 1.84 bits per heavy atom. The van der Waals surface area contributed by atoms with Crippen LogP contribution in [0.1, 0.15) is 48.9 Å². The Morgan fingerprint density at radius 3 is 2.59 bits per heavy atom. The van der Waals surface area contributed by atoms with Crippen LogP contribution >= 0.6 is 12.6 Å². The molecule has 1 N–H and O–H groups in total. The second kappa shape index (κ2) is 9.49. The summed E-state index contributed by atoms with van der Waals surface area (Å²) in [5, 5.41) is 13.0. The molecular formula is C31H35N5S. The lowest BCUT2D eigenvalue weighted by Gasteiger charge is -2.34. The van der Waals surface area contributed by atoms with Gasteiger partial charge in [0.05, 0.1) is 23.8 Å². The molecule has 4 aromatic rings. The zero-order valence-corrected chi connectivity index (χ0v) is 22.3. The quantitative estimate of drug-likeness (QED) is 0.326. The number of thiol groups is 1. The molecule has 0 radical (unpaired) electrons. The van der Waals surface area contributed by atoms with Gasteiger partial charge in [-0.15, -0.1) is 0 Å². The monoisotopic (exact) mass is 509 g/mol. The first kappa shape index (κ1) is 24.0. The molecule has 6 rings (SSSR count). The third-order valence-corrected chi connectivity index (χ3v) is 8.62. The van der Waals surface area contributed by atoms with Gasteiger partial charge in [0.1, 0.15) is 0 Å². The van der Waals surface area contributed by atoms with Gasteiger partial charge in [0, 0.05) is 64.7 Å². The standard InChI is InChI=1S/C31H35N5S/c1-20-8-10-29(22(3)33-20)36-23(4)27-6-5-7-28-25(9-11-30(36)31(27)28)16-24-17-32-35(18-24)26-12-14-34(15-13-26)21(2)19-37/h5-7,9,11,17-18,26,29,33,37H,1-4,8,10,12-16,19H2. The second-order valence-electron chi connectivity index (χ2n) is 10.5. The van der Waals surface area contributed by atoms with Gasteiger partial charge in [0.15, 0.2) is 0 Å². The van der Waals surface area contributed by atoms with E-state index in [2.05, 4.69) is 94.9 Å². The highest BCUT2D eigenvalue weighted by atomic mass is 32.1. The highest BCUT2D eigenvalue weighted by Gasteiger charge is 2.25. The number of hydrogen-bond acceptors (Lipinski definition) is 4. The molecule has 0 amide bonds. The normalized spacial score (nSPS) is 19.2. The van der Waals surface area contributed by atoms with Gasteiger partial charge >= 0.3 is 0 Å². The molecule has 0 saturated carbocycles. The number of piperidine rings is 2. The second-order valence-corrected chi connectivity index (χ2v) is 10.9. The number of hydrogen-bond donors (Lipinski definition) is 2. The average molecular weight is 510 g/mol. The fraction of sp³-hybridized carbons (Fsp3) is 0.323. The van der Waals surface area contributed by atoms with Crippen LogP contribution in [-0.4, -0.2) is 38.1 Å². The first-order valence-corrected chi connectivity index (χ1v) is 13.8. The zero-order valence-electron chi connectivity index (χ0n) is 21.4. The minimum Gasteiger partial charge on any atom is -0.374 e. The fourth-order valence-electron chi connectivity index (χ4n) is 6.25. The van der Waals surface area contributed by atoms with Crippen LogP contribution in [0.2, 0.25) is 0 Å². The maximum atomic E-state index is 4.77. The summed E-state index contributed by atoms with van der Waals surface area (Å²) in [6.07, 6.45) is 9.24. The minimum absolute atomic E-state index is 0.175. The lowest BCUT2D eigenvalue weighted by Crippen LogP contribution is -2.34. The molecule has 2 aliphatic heterocycles. The third kappa shape index (κ3) is 4.17. The van der Waals surface area contributed by atoms with Gasteiger partial charge in [-0.3, -0.25) is 4.68 Å². The molecule has 0 bridgehead atoms. The highest BCUT2D eigenvalue weighted by Crippen LogP contribution is 2.35. The summed E-state index contributed by atoms with van der Waals surface area (Å²) in [4.78, 5) is 2.35. The van der Waals surface area contributed by atoms with E-state index >= 15 is 0 Å². The van der Waals surface area contributed by atoms with Crippen LogP contribution in [0.5, 0.6) is 0 Å². The predicted octanol–water partition coefficient (Wildman–Crippen LogP) is 5.74. The summed E-state index contributed by atoms with van der Waals surface area (Å²) < 4.78 is 4.55. The van der Waals surface area contributed by atoms with E-state index in [1.807, 2.05) is 6.20 Å². The van der Waals surface area contributed by atoms with Crippen molar-refractivity contribution in [2.45, 2.75) is 44.2 Å². The Hall–Kier alpha value is -3.38. The smallest absolute Gasteiger partial charge is 0.0738 e. The molecule has 0 aliphatic carbocycles. The van der Waals surface area contributed by atoms with Crippen molar-refractivity contribution in [1.82, 2.24) is 24.6 Å². The van der Waals surface area contributed by atoms with Gasteiger partial charge in [-0.05, 0) is 48.3 Å². The predicted molar refractivity (Wildman–Crippen MR) is 158 cm³/mol. The molecule has 190 valence electrons. The highest BCUT2D eigenvalue weighted by molar-refractivity contribution is 7.80. The van der Waals surface area contributed by atoms with E-state index in [1.54, 1.807) is 0 Å². The van der Waals surface area contributed by atoms with Gasteiger partial charge in [0.25, 0.3) is 0 Å². The number of rotatable bonds is 6. The number of nitrogens with one attached hydrogen (secondary N) is 1. The third-order valence-electron chi connectivity index (χ3n) is 8.26. The first-order valence-electron chi connectivity index (χ1n) is 13.2. The van der Waals surface area contributed by atoms with Crippen molar-refractivity contribution in [3.05, 3.63) is 96.0 Å². The molecule has 5 nitrogen and oxygen atoms in total.